The number of nitrogens with zero attached hydrogens (tertiary/aromatic N) is 1. The molecule has 0 spiro atoms. The molecular formula is C18H18ClF3N2OS. The van der Waals surface area contributed by atoms with E-state index in [4.69, 9.17) is 11.6 Å². The Morgan fingerprint density at radius 3 is 2.38 bits per heavy atom. The third-order valence-electron chi connectivity index (χ3n) is 3.56. The van der Waals surface area contributed by atoms with Gasteiger partial charge in [0.25, 0.3) is 0 Å². The maximum Gasteiger partial charge on any atom is 0.417 e. The molecule has 0 saturated carbocycles. The normalized spacial score (nSPS) is 11.3. The molecule has 2 aromatic rings. The molecule has 0 fully saturated rings. The lowest BCUT2D eigenvalue weighted by Crippen LogP contribution is -2.24. The van der Waals surface area contributed by atoms with Crippen molar-refractivity contribution in [2.24, 2.45) is 0 Å². The van der Waals surface area contributed by atoms with Crippen molar-refractivity contribution in [1.82, 2.24) is 5.32 Å². The molecule has 2 aromatic carbocycles. The predicted octanol–water partition coefficient (Wildman–Crippen LogP) is 4.83. The number of rotatable bonds is 6. The summed E-state index contributed by atoms with van der Waals surface area (Å²) < 4.78 is 38.5. The average molecular weight is 403 g/mol. The van der Waals surface area contributed by atoms with Crippen LogP contribution in [0.5, 0.6) is 0 Å². The van der Waals surface area contributed by atoms with Crippen LogP contribution in [0.3, 0.4) is 0 Å². The largest absolute Gasteiger partial charge is 0.417 e. The molecule has 1 amide bonds. The van der Waals surface area contributed by atoms with Crippen molar-refractivity contribution in [1.29, 1.82) is 0 Å². The zero-order valence-electron chi connectivity index (χ0n) is 14.2. The topological polar surface area (TPSA) is 32.3 Å². The van der Waals surface area contributed by atoms with Crippen LogP contribution in [0.25, 0.3) is 0 Å². The number of alkyl halides is 3. The van der Waals surface area contributed by atoms with E-state index >= 15 is 0 Å². The summed E-state index contributed by atoms with van der Waals surface area (Å²) >= 11 is 6.61. The second kappa shape index (κ2) is 8.68. The Labute approximate surface area is 159 Å². The van der Waals surface area contributed by atoms with Gasteiger partial charge in [-0.1, -0.05) is 23.7 Å². The number of halogens is 4. The molecule has 8 heteroatoms. The number of benzene rings is 2. The lowest BCUT2D eigenvalue weighted by molar-refractivity contribution is -0.137. The van der Waals surface area contributed by atoms with Gasteiger partial charge in [0.15, 0.2) is 0 Å². The van der Waals surface area contributed by atoms with Gasteiger partial charge in [0, 0.05) is 31.2 Å². The Bertz CT molecular complexity index is 764. The van der Waals surface area contributed by atoms with Gasteiger partial charge in [-0.15, -0.1) is 11.8 Å². The Balaban J connectivity index is 1.87. The molecule has 0 aliphatic rings. The second-order valence-corrected chi connectivity index (χ2v) is 7.22. The van der Waals surface area contributed by atoms with E-state index in [-0.39, 0.29) is 16.7 Å². The molecule has 0 bridgehead atoms. The molecular weight excluding hydrogens is 385 g/mol. The van der Waals surface area contributed by atoms with Crippen LogP contribution in [0.4, 0.5) is 18.9 Å². The van der Waals surface area contributed by atoms with Gasteiger partial charge in [-0.25, -0.2) is 0 Å². The molecule has 0 aliphatic heterocycles. The van der Waals surface area contributed by atoms with E-state index in [1.54, 1.807) is 0 Å². The zero-order chi connectivity index (χ0) is 19.3. The highest BCUT2D eigenvalue weighted by Gasteiger charge is 2.33. The van der Waals surface area contributed by atoms with Crippen LogP contribution in [-0.4, -0.2) is 25.8 Å². The van der Waals surface area contributed by atoms with E-state index in [9.17, 15) is 18.0 Å². The minimum Gasteiger partial charge on any atom is -0.378 e. The van der Waals surface area contributed by atoms with E-state index in [2.05, 4.69) is 5.32 Å². The molecule has 0 heterocycles. The molecule has 0 saturated heterocycles. The Hall–Kier alpha value is -1.86. The second-order valence-electron chi connectivity index (χ2n) is 5.77. The lowest BCUT2D eigenvalue weighted by atomic mass is 10.2. The van der Waals surface area contributed by atoms with E-state index in [1.807, 2.05) is 43.3 Å². The third-order valence-corrected chi connectivity index (χ3v) is 4.88. The summed E-state index contributed by atoms with van der Waals surface area (Å²) in [5.41, 5.74) is 1.10. The average Bonchev–Trinajstić information content (AvgIpc) is 2.58. The van der Waals surface area contributed by atoms with E-state index in [0.717, 1.165) is 29.1 Å². The minimum atomic E-state index is -4.52. The van der Waals surface area contributed by atoms with Crippen molar-refractivity contribution < 1.29 is 18.0 Å². The van der Waals surface area contributed by atoms with E-state index < -0.39 is 11.7 Å². The van der Waals surface area contributed by atoms with Gasteiger partial charge < -0.3 is 10.2 Å². The fraction of sp³-hybridized carbons (Fsp3) is 0.278. The Kier molecular flexibility index (Phi) is 6.83. The van der Waals surface area contributed by atoms with Gasteiger partial charge in [-0.05, 0) is 35.9 Å². The highest BCUT2D eigenvalue weighted by atomic mass is 35.5. The zero-order valence-corrected chi connectivity index (χ0v) is 15.8. The van der Waals surface area contributed by atoms with Crippen LogP contribution < -0.4 is 10.2 Å². The van der Waals surface area contributed by atoms with Gasteiger partial charge >= 0.3 is 6.18 Å². The molecule has 1 N–H and O–H groups in total. The van der Waals surface area contributed by atoms with Crippen molar-refractivity contribution in [3.05, 3.63) is 58.6 Å². The standard InChI is InChI=1S/C18H18ClF3N2OS/c1-24(2)13-5-3-12(4-6-13)10-23-17(25)11-26-14-7-8-16(19)15(9-14)18(20,21)22/h3-9H,10-11H2,1-2H3,(H,23,25). The fourth-order valence-electron chi connectivity index (χ4n) is 2.12. The van der Waals surface area contributed by atoms with Gasteiger partial charge in [-0.3, -0.25) is 4.79 Å². The van der Waals surface area contributed by atoms with Crippen molar-refractivity contribution in [3.8, 4) is 0 Å². The first-order valence-corrected chi connectivity index (χ1v) is 9.05. The maximum absolute atomic E-state index is 12.8. The number of nitrogens with one attached hydrogen (secondary N) is 1. The molecule has 0 aromatic heterocycles. The van der Waals surface area contributed by atoms with Gasteiger partial charge in [0.1, 0.15) is 0 Å². The van der Waals surface area contributed by atoms with Crippen molar-refractivity contribution in [2.75, 3.05) is 24.7 Å². The summed E-state index contributed by atoms with van der Waals surface area (Å²) in [5.74, 6) is -0.232. The third kappa shape index (κ3) is 5.85. The Morgan fingerprint density at radius 2 is 1.81 bits per heavy atom. The van der Waals surface area contributed by atoms with Crippen LogP contribution in [0.15, 0.2) is 47.4 Å². The molecule has 0 radical (unpaired) electrons. The van der Waals surface area contributed by atoms with Crippen LogP contribution in [0.1, 0.15) is 11.1 Å². The SMILES string of the molecule is CN(C)c1ccc(CNC(=O)CSc2ccc(Cl)c(C(F)(F)F)c2)cc1. The number of anilines is 1. The smallest absolute Gasteiger partial charge is 0.378 e. The van der Waals surface area contributed by atoms with Crippen molar-refractivity contribution in [3.63, 3.8) is 0 Å². The summed E-state index contributed by atoms with van der Waals surface area (Å²) in [4.78, 5) is 14.2. The van der Waals surface area contributed by atoms with Crippen LogP contribution in [0, 0.1) is 0 Å². The van der Waals surface area contributed by atoms with Crippen LogP contribution in [-0.2, 0) is 17.5 Å². The molecule has 140 valence electrons. The van der Waals surface area contributed by atoms with E-state index in [1.165, 1.54) is 12.1 Å². The Morgan fingerprint density at radius 1 is 1.15 bits per heavy atom. The van der Waals surface area contributed by atoms with Gasteiger partial charge in [-0.2, -0.15) is 13.2 Å². The molecule has 2 rings (SSSR count). The highest BCUT2D eigenvalue weighted by Crippen LogP contribution is 2.36. The molecule has 26 heavy (non-hydrogen) atoms. The van der Waals surface area contributed by atoms with Crippen molar-refractivity contribution >= 4 is 35.0 Å². The van der Waals surface area contributed by atoms with Crippen LogP contribution in [0.2, 0.25) is 5.02 Å². The predicted molar refractivity (Wildman–Crippen MR) is 99.8 cm³/mol. The fourth-order valence-corrected chi connectivity index (χ4v) is 3.11. The summed E-state index contributed by atoms with van der Waals surface area (Å²) in [6.07, 6.45) is -4.52. The van der Waals surface area contributed by atoms with Gasteiger partial charge in [0.05, 0.1) is 16.3 Å². The number of thioether (sulfide) groups is 1. The number of hydrogen-bond donors (Lipinski definition) is 1. The molecule has 0 aliphatic carbocycles. The summed E-state index contributed by atoms with van der Waals surface area (Å²) in [5, 5.41) is 2.40. The number of carbonyl (C=O) groups is 1. The highest BCUT2D eigenvalue weighted by molar-refractivity contribution is 8.00. The summed E-state index contributed by atoms with van der Waals surface area (Å²) in [6, 6.07) is 11.3. The van der Waals surface area contributed by atoms with E-state index in [0.29, 0.717) is 11.4 Å². The summed E-state index contributed by atoms with van der Waals surface area (Å²) in [7, 11) is 3.88. The van der Waals surface area contributed by atoms with Crippen LogP contribution >= 0.6 is 23.4 Å². The van der Waals surface area contributed by atoms with Gasteiger partial charge in [0.2, 0.25) is 5.91 Å². The molecule has 3 nitrogen and oxygen atoms in total. The maximum atomic E-state index is 12.8. The molecule has 0 atom stereocenters. The lowest BCUT2D eigenvalue weighted by Gasteiger charge is -2.13. The first-order chi connectivity index (χ1) is 12.2. The number of hydrogen-bond acceptors (Lipinski definition) is 3. The number of amides is 1. The molecule has 0 unspecified atom stereocenters. The summed E-state index contributed by atoms with van der Waals surface area (Å²) in [6.45, 7) is 0.363. The first kappa shape index (κ1) is 20.5. The monoisotopic (exact) mass is 402 g/mol. The quantitative estimate of drug-likeness (QED) is 0.702. The number of carbonyl (C=O) groups excluding carboxylic acids is 1. The minimum absolute atomic E-state index is 0.0225. The first-order valence-electron chi connectivity index (χ1n) is 7.69. The van der Waals surface area contributed by atoms with Crippen molar-refractivity contribution in [2.45, 2.75) is 17.6 Å².